The highest BCUT2D eigenvalue weighted by atomic mass is 35.5. The van der Waals surface area contributed by atoms with Gasteiger partial charge < -0.3 is 10.1 Å². The lowest BCUT2D eigenvalue weighted by molar-refractivity contribution is -0.155. The van der Waals surface area contributed by atoms with Crippen molar-refractivity contribution in [2.24, 2.45) is 0 Å². The number of amides is 1. The van der Waals surface area contributed by atoms with Crippen LogP contribution in [-0.2, 0) is 19.9 Å². The maximum Gasteiger partial charge on any atom is 0.211 e. The molecule has 1 amide bonds. The predicted molar refractivity (Wildman–Crippen MR) is 93.0 cm³/mol. The number of carbonyl (C=O) groups is 2. The minimum Gasteiger partial charge on any atom is -0.362 e. The summed E-state index contributed by atoms with van der Waals surface area (Å²) in [6.45, 7) is 1.86. The third-order valence-corrected chi connectivity index (χ3v) is 4.52. The van der Waals surface area contributed by atoms with Gasteiger partial charge in [-0.25, -0.2) is 0 Å². The summed E-state index contributed by atoms with van der Waals surface area (Å²) in [6, 6.07) is 14.8. The summed E-state index contributed by atoms with van der Waals surface area (Å²) in [7, 11) is 0. The van der Waals surface area contributed by atoms with Crippen molar-refractivity contribution in [2.75, 3.05) is 5.32 Å². The van der Waals surface area contributed by atoms with Gasteiger partial charge in [-0.15, -0.1) is 0 Å². The van der Waals surface area contributed by atoms with Gasteiger partial charge in [-0.2, -0.15) is 0 Å². The Morgan fingerprint density at radius 2 is 2.00 bits per heavy atom. The number of carbonyl (C=O) groups excluding carboxylic acids is 2. The fourth-order valence-electron chi connectivity index (χ4n) is 3.21. The number of nitrogens with one attached hydrogen (secondary N) is 1. The number of benzene rings is 2. The van der Waals surface area contributed by atoms with Crippen LogP contribution in [0.2, 0.25) is 5.02 Å². The molecule has 2 aromatic rings. The summed E-state index contributed by atoms with van der Waals surface area (Å²) in [4.78, 5) is 23.3. The fraction of sp³-hybridized carbons (Fsp3) is 0.263. The Kier molecular flexibility index (Phi) is 4.69. The Labute approximate surface area is 145 Å². The lowest BCUT2D eigenvalue weighted by Crippen LogP contribution is -2.37. The molecule has 3 rings (SSSR count). The molecular formula is C19H18ClNO3. The van der Waals surface area contributed by atoms with E-state index in [-0.39, 0.29) is 18.3 Å². The molecule has 24 heavy (non-hydrogen) atoms. The number of ether oxygens (including phenoxy) is 1. The van der Waals surface area contributed by atoms with Crippen LogP contribution in [0.5, 0.6) is 0 Å². The maximum absolute atomic E-state index is 12.4. The maximum atomic E-state index is 12.4. The van der Waals surface area contributed by atoms with Crippen LogP contribution < -0.4 is 5.32 Å². The van der Waals surface area contributed by atoms with Crippen LogP contribution in [0.4, 0.5) is 5.69 Å². The monoisotopic (exact) mass is 343 g/mol. The summed E-state index contributed by atoms with van der Waals surface area (Å²) in [5.74, 6) is 0.120. The van der Waals surface area contributed by atoms with E-state index in [1.54, 1.807) is 18.2 Å². The summed E-state index contributed by atoms with van der Waals surface area (Å²) in [5.41, 5.74) is 1.41. The van der Waals surface area contributed by atoms with E-state index in [9.17, 15) is 9.59 Å². The van der Waals surface area contributed by atoms with Crippen molar-refractivity contribution in [3.05, 3.63) is 64.7 Å². The van der Waals surface area contributed by atoms with Gasteiger partial charge in [0, 0.05) is 29.1 Å². The quantitative estimate of drug-likeness (QED) is 0.844. The zero-order valence-electron chi connectivity index (χ0n) is 13.3. The molecule has 0 aliphatic carbocycles. The molecular weight excluding hydrogens is 326 g/mol. The third-order valence-electron chi connectivity index (χ3n) is 4.29. The van der Waals surface area contributed by atoms with Gasteiger partial charge >= 0.3 is 0 Å². The topological polar surface area (TPSA) is 55.4 Å². The Balaban J connectivity index is 2.01. The number of Topliss-reactive ketones (excluding diaryl/α,β-unsaturated/α-hetero) is 1. The molecule has 0 radical (unpaired) electrons. The van der Waals surface area contributed by atoms with Gasteiger partial charge in [0.1, 0.15) is 11.4 Å². The summed E-state index contributed by atoms with van der Waals surface area (Å²) >= 11 is 6.13. The van der Waals surface area contributed by atoms with Crippen molar-refractivity contribution in [2.45, 2.75) is 31.5 Å². The smallest absolute Gasteiger partial charge is 0.211 e. The van der Waals surface area contributed by atoms with Gasteiger partial charge in [-0.1, -0.05) is 41.9 Å². The molecule has 1 aliphatic rings. The average Bonchev–Trinajstić information content (AvgIpc) is 2.57. The number of hydrogen-bond donors (Lipinski definition) is 1. The molecule has 0 unspecified atom stereocenters. The van der Waals surface area contributed by atoms with Crippen LogP contribution in [0.15, 0.2) is 48.5 Å². The van der Waals surface area contributed by atoms with Crippen LogP contribution >= 0.6 is 11.6 Å². The van der Waals surface area contributed by atoms with E-state index in [2.05, 4.69) is 5.32 Å². The number of rotatable bonds is 4. The van der Waals surface area contributed by atoms with E-state index >= 15 is 0 Å². The lowest BCUT2D eigenvalue weighted by atomic mass is 9.84. The van der Waals surface area contributed by atoms with E-state index in [0.717, 1.165) is 5.56 Å². The van der Waals surface area contributed by atoms with Crippen molar-refractivity contribution in [3.8, 4) is 0 Å². The summed E-state index contributed by atoms with van der Waals surface area (Å²) < 4.78 is 6.32. The Hall–Kier alpha value is -2.17. The SMILES string of the molecule is C[C@@]1(c2cc(Cl)ccc2NC=O)CC(=O)C[C@H](c2ccccc2)O1. The molecule has 1 fully saturated rings. The van der Waals surface area contributed by atoms with E-state index in [4.69, 9.17) is 16.3 Å². The largest absolute Gasteiger partial charge is 0.362 e. The molecule has 2 aromatic carbocycles. The van der Waals surface area contributed by atoms with Crippen LogP contribution in [0.1, 0.15) is 37.0 Å². The highest BCUT2D eigenvalue weighted by Gasteiger charge is 2.40. The van der Waals surface area contributed by atoms with Gasteiger partial charge in [0.05, 0.1) is 6.10 Å². The molecule has 0 bridgehead atoms. The number of ketones is 1. The molecule has 124 valence electrons. The first kappa shape index (κ1) is 16.7. The van der Waals surface area contributed by atoms with Crippen LogP contribution in [0.3, 0.4) is 0 Å². The molecule has 0 aromatic heterocycles. The van der Waals surface area contributed by atoms with Crippen LogP contribution in [0.25, 0.3) is 0 Å². The number of hydrogen-bond acceptors (Lipinski definition) is 3. The van der Waals surface area contributed by atoms with Crippen molar-refractivity contribution < 1.29 is 14.3 Å². The van der Waals surface area contributed by atoms with Crippen LogP contribution in [0, 0.1) is 0 Å². The molecule has 1 saturated heterocycles. The molecule has 1 aliphatic heterocycles. The van der Waals surface area contributed by atoms with Gasteiger partial charge in [0.25, 0.3) is 0 Å². The second kappa shape index (κ2) is 6.75. The molecule has 0 spiro atoms. The van der Waals surface area contributed by atoms with E-state index in [1.165, 1.54) is 0 Å². The van der Waals surface area contributed by atoms with Gasteiger partial charge in [0.2, 0.25) is 6.41 Å². The first-order chi connectivity index (χ1) is 11.5. The zero-order valence-corrected chi connectivity index (χ0v) is 14.0. The van der Waals surface area contributed by atoms with Crippen molar-refractivity contribution in [1.29, 1.82) is 0 Å². The first-order valence-electron chi connectivity index (χ1n) is 7.76. The van der Waals surface area contributed by atoms with Crippen LogP contribution in [-0.4, -0.2) is 12.2 Å². The highest BCUT2D eigenvalue weighted by Crippen LogP contribution is 2.44. The fourth-order valence-corrected chi connectivity index (χ4v) is 3.38. The Bertz CT molecular complexity index is 762. The van der Waals surface area contributed by atoms with Gasteiger partial charge in [0.15, 0.2) is 0 Å². The Morgan fingerprint density at radius 1 is 1.25 bits per heavy atom. The molecule has 5 heteroatoms. The standard InChI is InChI=1S/C19H18ClNO3/c1-19(16-9-14(20)7-8-17(16)21-12-22)11-15(23)10-18(24-19)13-5-3-2-4-6-13/h2-9,12,18H,10-11H2,1H3,(H,21,22)/t18-,19+/m1/s1. The van der Waals surface area contributed by atoms with Crippen molar-refractivity contribution in [3.63, 3.8) is 0 Å². The lowest BCUT2D eigenvalue weighted by Gasteiger charge is -2.39. The second-order valence-corrected chi connectivity index (χ2v) is 6.56. The Morgan fingerprint density at radius 3 is 2.71 bits per heavy atom. The zero-order chi connectivity index (χ0) is 17.2. The third kappa shape index (κ3) is 3.35. The van der Waals surface area contributed by atoms with E-state index in [0.29, 0.717) is 29.1 Å². The molecule has 4 nitrogen and oxygen atoms in total. The summed E-state index contributed by atoms with van der Waals surface area (Å²) in [5, 5.41) is 3.19. The van der Waals surface area contributed by atoms with E-state index < -0.39 is 5.60 Å². The van der Waals surface area contributed by atoms with Gasteiger partial charge in [-0.05, 0) is 30.7 Å². The average molecular weight is 344 g/mol. The minimum absolute atomic E-state index is 0.120. The number of anilines is 1. The van der Waals surface area contributed by atoms with Crippen molar-refractivity contribution in [1.82, 2.24) is 0 Å². The molecule has 1 N–H and O–H groups in total. The normalized spacial score (nSPS) is 23.8. The van der Waals surface area contributed by atoms with Crippen molar-refractivity contribution >= 4 is 29.5 Å². The molecule has 0 saturated carbocycles. The molecule has 2 atom stereocenters. The van der Waals surface area contributed by atoms with E-state index in [1.807, 2.05) is 37.3 Å². The minimum atomic E-state index is -0.855. The number of halogens is 1. The van der Waals surface area contributed by atoms with Gasteiger partial charge in [-0.3, -0.25) is 9.59 Å². The highest BCUT2D eigenvalue weighted by molar-refractivity contribution is 6.30. The summed E-state index contributed by atoms with van der Waals surface area (Å²) in [6.07, 6.45) is 0.872. The second-order valence-electron chi connectivity index (χ2n) is 6.12. The predicted octanol–water partition coefficient (Wildman–Crippen LogP) is 4.24. The first-order valence-corrected chi connectivity index (χ1v) is 8.14. The molecule has 1 heterocycles.